The van der Waals surface area contributed by atoms with Gasteiger partial charge in [0.1, 0.15) is 0 Å². The number of hydrogen-bond acceptors (Lipinski definition) is 4. The predicted octanol–water partition coefficient (Wildman–Crippen LogP) is 6.16. The molecule has 1 saturated carbocycles. The highest BCUT2D eigenvalue weighted by Crippen LogP contribution is 2.59. The normalized spacial score (nSPS) is 17.5. The van der Waals surface area contributed by atoms with Gasteiger partial charge in [0, 0.05) is 6.04 Å². The molecule has 1 unspecified atom stereocenters. The highest BCUT2D eigenvalue weighted by molar-refractivity contribution is 7.80. The summed E-state index contributed by atoms with van der Waals surface area (Å²) in [5.41, 5.74) is 0.845. The summed E-state index contributed by atoms with van der Waals surface area (Å²) in [6.07, 6.45) is 7.90. The second kappa shape index (κ2) is 12.7. The van der Waals surface area contributed by atoms with Crippen LogP contribution < -0.4 is 10.6 Å². The molecule has 1 aliphatic rings. The van der Waals surface area contributed by atoms with Gasteiger partial charge in [0.15, 0.2) is 10.9 Å². The third-order valence-corrected chi connectivity index (χ3v) is 7.75. The smallest absolute Gasteiger partial charge is 0.357 e. The van der Waals surface area contributed by atoms with Crippen LogP contribution in [0.2, 0.25) is 0 Å². The molecule has 1 aromatic carbocycles. The van der Waals surface area contributed by atoms with Gasteiger partial charge in [0.25, 0.3) is 0 Å². The van der Waals surface area contributed by atoms with E-state index in [1.807, 2.05) is 44.2 Å². The van der Waals surface area contributed by atoms with E-state index in [0.29, 0.717) is 24.2 Å². The van der Waals surface area contributed by atoms with Crippen molar-refractivity contribution in [3.63, 3.8) is 0 Å². The lowest BCUT2D eigenvalue weighted by Gasteiger charge is -2.32. The van der Waals surface area contributed by atoms with Crippen molar-refractivity contribution in [2.45, 2.75) is 77.5 Å². The zero-order valence-corrected chi connectivity index (χ0v) is 19.8. The van der Waals surface area contributed by atoms with E-state index in [1.54, 1.807) is 0 Å². The van der Waals surface area contributed by atoms with Crippen LogP contribution in [0.4, 0.5) is 0 Å². The van der Waals surface area contributed by atoms with Gasteiger partial charge < -0.3 is 19.7 Å². The molecule has 0 spiro atoms. The lowest BCUT2D eigenvalue weighted by molar-refractivity contribution is 0.195. The number of nitrogens with one attached hydrogen (secondary N) is 2. The molecule has 7 heteroatoms. The molecule has 29 heavy (non-hydrogen) atoms. The Balaban J connectivity index is 2.16. The van der Waals surface area contributed by atoms with Gasteiger partial charge in [-0.1, -0.05) is 63.4 Å². The Bertz CT molecular complexity index is 641. The van der Waals surface area contributed by atoms with Crippen molar-refractivity contribution in [1.29, 1.82) is 0 Å². The van der Waals surface area contributed by atoms with Crippen LogP contribution in [0.15, 0.2) is 30.3 Å². The maximum Gasteiger partial charge on any atom is 0.357 e. The molecule has 1 fully saturated rings. The lowest BCUT2D eigenvalue weighted by atomic mass is 9.85. The average Bonchev–Trinajstić information content (AvgIpc) is 2.75. The third-order valence-electron chi connectivity index (χ3n) is 5.37. The molecule has 2 atom stereocenters. The molecule has 2 N–H and O–H groups in total. The summed E-state index contributed by atoms with van der Waals surface area (Å²) in [4.78, 5) is 0. The molecule has 0 aromatic heterocycles. The molecular formula is C22H37N2O3PS. The van der Waals surface area contributed by atoms with Crippen LogP contribution >= 0.6 is 19.8 Å². The first-order valence-corrected chi connectivity index (χ1v) is 13.0. The maximum atomic E-state index is 13.8. The Hall–Kier alpha value is -0.940. The van der Waals surface area contributed by atoms with Gasteiger partial charge in [-0.05, 0) is 56.3 Å². The first-order valence-electron chi connectivity index (χ1n) is 11.0. The number of hydrogen-bond donors (Lipinski definition) is 2. The molecule has 164 valence electrons. The predicted molar refractivity (Wildman–Crippen MR) is 124 cm³/mol. The van der Waals surface area contributed by atoms with Crippen LogP contribution in [0, 0.1) is 5.92 Å². The molecule has 0 amide bonds. The first-order chi connectivity index (χ1) is 14.0. The third kappa shape index (κ3) is 7.67. The Labute approximate surface area is 181 Å². The quantitative estimate of drug-likeness (QED) is 0.317. The highest BCUT2D eigenvalue weighted by Gasteiger charge is 2.38. The minimum Gasteiger partial charge on any atom is -0.360 e. The molecule has 0 aliphatic heterocycles. The summed E-state index contributed by atoms with van der Waals surface area (Å²) in [6.45, 7) is 6.93. The van der Waals surface area contributed by atoms with Gasteiger partial charge in [-0.25, -0.2) is 0 Å². The molecule has 0 radical (unpaired) electrons. The summed E-state index contributed by atoms with van der Waals surface area (Å²) in [7, 11) is -3.45. The standard InChI is InChI=1S/C22H37N2O3PS/c1-4-16-26-28(25,27-17-5-2)21(20-14-10-7-11-15-20)24-22(29)23-18(3)19-12-8-6-9-13-19/h7,10-11,14-15,18-19,21H,4-6,8-9,12-13,16-17H2,1-3H3,(H2,23,24,29)/t18-,21?/m1/s1. The highest BCUT2D eigenvalue weighted by atomic mass is 32.1. The summed E-state index contributed by atoms with van der Waals surface area (Å²) in [5.74, 6) is -0.0153. The molecule has 0 saturated heterocycles. The van der Waals surface area contributed by atoms with Crippen molar-refractivity contribution in [3.8, 4) is 0 Å². The Morgan fingerprint density at radius 2 is 1.66 bits per heavy atom. The molecule has 0 bridgehead atoms. The molecule has 0 heterocycles. The first kappa shape index (κ1) is 24.3. The summed E-state index contributed by atoms with van der Waals surface area (Å²) < 4.78 is 25.4. The fraction of sp³-hybridized carbons (Fsp3) is 0.682. The fourth-order valence-electron chi connectivity index (χ4n) is 3.73. The number of rotatable bonds is 11. The Kier molecular flexibility index (Phi) is 10.6. The van der Waals surface area contributed by atoms with Gasteiger partial charge in [0.2, 0.25) is 0 Å². The summed E-state index contributed by atoms with van der Waals surface area (Å²) >= 11 is 5.62. The van der Waals surface area contributed by atoms with Crippen molar-refractivity contribution in [3.05, 3.63) is 35.9 Å². The molecule has 1 aromatic rings. The van der Waals surface area contributed by atoms with Crippen molar-refractivity contribution in [1.82, 2.24) is 10.6 Å². The molecule has 2 rings (SSSR count). The van der Waals surface area contributed by atoms with Crippen molar-refractivity contribution >= 4 is 24.9 Å². The lowest BCUT2D eigenvalue weighted by Crippen LogP contribution is -2.45. The van der Waals surface area contributed by atoms with Gasteiger partial charge in [-0.2, -0.15) is 0 Å². The van der Waals surface area contributed by atoms with Crippen LogP contribution in [0.5, 0.6) is 0 Å². The van der Waals surface area contributed by atoms with Crippen LogP contribution in [-0.4, -0.2) is 24.4 Å². The van der Waals surface area contributed by atoms with Crippen LogP contribution in [0.25, 0.3) is 0 Å². The summed E-state index contributed by atoms with van der Waals surface area (Å²) in [6, 6.07) is 9.93. The van der Waals surface area contributed by atoms with Gasteiger partial charge in [-0.3, -0.25) is 4.57 Å². The summed E-state index contributed by atoms with van der Waals surface area (Å²) in [5, 5.41) is 7.19. The Morgan fingerprint density at radius 3 is 2.21 bits per heavy atom. The van der Waals surface area contributed by atoms with E-state index in [0.717, 1.165) is 18.4 Å². The van der Waals surface area contributed by atoms with Gasteiger partial charge in [0.05, 0.1) is 13.2 Å². The minimum atomic E-state index is -3.45. The van der Waals surface area contributed by atoms with E-state index < -0.39 is 13.4 Å². The van der Waals surface area contributed by atoms with Crippen molar-refractivity contribution < 1.29 is 13.6 Å². The van der Waals surface area contributed by atoms with Crippen LogP contribution in [0.3, 0.4) is 0 Å². The topological polar surface area (TPSA) is 59.6 Å². The van der Waals surface area contributed by atoms with Crippen molar-refractivity contribution in [2.75, 3.05) is 13.2 Å². The zero-order chi connectivity index (χ0) is 21.1. The fourth-order valence-corrected chi connectivity index (χ4v) is 6.19. The SMILES string of the molecule is CCCOP(=O)(OCCC)C(NC(=S)N[C@H](C)C1CCCCC1)c1ccccc1. The van der Waals surface area contributed by atoms with E-state index in [9.17, 15) is 4.57 Å². The number of benzene rings is 1. The van der Waals surface area contributed by atoms with E-state index in [4.69, 9.17) is 21.3 Å². The van der Waals surface area contributed by atoms with Crippen LogP contribution in [0.1, 0.15) is 77.1 Å². The van der Waals surface area contributed by atoms with Crippen LogP contribution in [-0.2, 0) is 13.6 Å². The second-order valence-electron chi connectivity index (χ2n) is 7.82. The largest absolute Gasteiger partial charge is 0.360 e. The second-order valence-corrected chi connectivity index (χ2v) is 10.3. The maximum absolute atomic E-state index is 13.8. The average molecular weight is 441 g/mol. The minimum absolute atomic E-state index is 0.277. The monoisotopic (exact) mass is 440 g/mol. The van der Waals surface area contributed by atoms with E-state index in [1.165, 1.54) is 32.1 Å². The van der Waals surface area contributed by atoms with E-state index in [2.05, 4.69) is 17.6 Å². The molecule has 1 aliphatic carbocycles. The van der Waals surface area contributed by atoms with Gasteiger partial charge >= 0.3 is 7.60 Å². The van der Waals surface area contributed by atoms with Crippen molar-refractivity contribution in [2.24, 2.45) is 5.92 Å². The molecule has 5 nitrogen and oxygen atoms in total. The Morgan fingerprint density at radius 1 is 1.07 bits per heavy atom. The van der Waals surface area contributed by atoms with E-state index >= 15 is 0 Å². The zero-order valence-electron chi connectivity index (χ0n) is 18.1. The van der Waals surface area contributed by atoms with Gasteiger partial charge in [-0.15, -0.1) is 0 Å². The molecular weight excluding hydrogens is 403 g/mol. The van der Waals surface area contributed by atoms with E-state index in [-0.39, 0.29) is 6.04 Å². The number of thiocarbonyl (C=S) groups is 1.